The first kappa shape index (κ1) is 19.5. The summed E-state index contributed by atoms with van der Waals surface area (Å²) in [6.07, 6.45) is 1.79. The maximum absolute atomic E-state index is 12.0. The number of nitrogens with zero attached hydrogens (tertiary/aromatic N) is 1. The van der Waals surface area contributed by atoms with Crippen LogP contribution in [0.1, 0.15) is 16.7 Å². The van der Waals surface area contributed by atoms with Gasteiger partial charge in [0.25, 0.3) is 0 Å². The second-order valence-corrected chi connectivity index (χ2v) is 6.98. The molecule has 0 radical (unpaired) electrons. The Kier molecular flexibility index (Phi) is 7.01. The zero-order chi connectivity index (χ0) is 18.4. The molecule has 0 spiro atoms. The van der Waals surface area contributed by atoms with Gasteiger partial charge in [0.1, 0.15) is 0 Å². The second-order valence-electron chi connectivity index (χ2n) is 5.27. The smallest absolute Gasteiger partial charge is 0.244 e. The molecule has 0 saturated carbocycles. The van der Waals surface area contributed by atoms with E-state index in [-0.39, 0.29) is 12.3 Å². The van der Waals surface area contributed by atoms with Crippen LogP contribution in [0, 0.1) is 6.92 Å². The maximum atomic E-state index is 12.0. The number of rotatable bonds is 6. The van der Waals surface area contributed by atoms with E-state index in [4.69, 9.17) is 9.47 Å². The van der Waals surface area contributed by atoms with Crippen LogP contribution in [-0.4, -0.2) is 26.3 Å². The van der Waals surface area contributed by atoms with Crippen molar-refractivity contribution in [3.05, 3.63) is 56.0 Å². The van der Waals surface area contributed by atoms with Crippen molar-refractivity contribution < 1.29 is 14.3 Å². The summed E-state index contributed by atoms with van der Waals surface area (Å²) in [7, 11) is 3.13. The molecule has 0 bridgehead atoms. The first-order chi connectivity index (χ1) is 11.9. The molecule has 0 saturated heterocycles. The molecule has 0 unspecified atom stereocenters. The van der Waals surface area contributed by atoms with Crippen molar-refractivity contribution in [1.29, 1.82) is 0 Å². The largest absolute Gasteiger partial charge is 0.493 e. The third-order valence-electron chi connectivity index (χ3n) is 3.52. The number of hydrogen-bond acceptors (Lipinski definition) is 4. The average molecular weight is 470 g/mol. The van der Waals surface area contributed by atoms with Gasteiger partial charge in [-0.25, -0.2) is 5.43 Å². The van der Waals surface area contributed by atoms with Crippen molar-refractivity contribution in [3.63, 3.8) is 0 Å². The molecule has 1 N–H and O–H groups in total. The Bertz CT molecular complexity index is 784. The highest BCUT2D eigenvalue weighted by molar-refractivity contribution is 9.11. The van der Waals surface area contributed by atoms with Gasteiger partial charge in [-0.05, 0) is 47.9 Å². The number of methoxy groups -OCH3 is 2. The van der Waals surface area contributed by atoms with Gasteiger partial charge in [-0.2, -0.15) is 5.10 Å². The van der Waals surface area contributed by atoms with Crippen molar-refractivity contribution >= 4 is 44.0 Å². The molecule has 25 heavy (non-hydrogen) atoms. The van der Waals surface area contributed by atoms with Crippen LogP contribution in [0.3, 0.4) is 0 Å². The highest BCUT2D eigenvalue weighted by Gasteiger charge is 2.08. The van der Waals surface area contributed by atoms with E-state index in [1.54, 1.807) is 32.6 Å². The Morgan fingerprint density at radius 2 is 1.76 bits per heavy atom. The molecule has 2 rings (SSSR count). The summed E-state index contributed by atoms with van der Waals surface area (Å²) in [5.74, 6) is 1.000. The molecule has 0 heterocycles. The molecule has 7 heteroatoms. The van der Waals surface area contributed by atoms with Crippen molar-refractivity contribution in [1.82, 2.24) is 5.43 Å². The number of hydrogen-bond donors (Lipinski definition) is 1. The van der Waals surface area contributed by atoms with E-state index in [1.807, 2.05) is 25.1 Å². The Hall–Kier alpha value is -1.86. The first-order valence-corrected chi connectivity index (χ1v) is 9.01. The fourth-order valence-corrected chi connectivity index (χ4v) is 3.36. The molecule has 0 aliphatic carbocycles. The summed E-state index contributed by atoms with van der Waals surface area (Å²) in [5.41, 5.74) is 5.32. The zero-order valence-corrected chi connectivity index (χ0v) is 17.3. The molecule has 132 valence electrons. The number of benzene rings is 2. The van der Waals surface area contributed by atoms with E-state index in [9.17, 15) is 4.79 Å². The lowest BCUT2D eigenvalue weighted by Crippen LogP contribution is -2.19. The van der Waals surface area contributed by atoms with E-state index >= 15 is 0 Å². The van der Waals surface area contributed by atoms with Crippen molar-refractivity contribution in [2.75, 3.05) is 14.2 Å². The number of nitrogens with one attached hydrogen (secondary N) is 1. The monoisotopic (exact) mass is 468 g/mol. The second kappa shape index (κ2) is 9.01. The Labute approximate surface area is 163 Å². The molecule has 0 atom stereocenters. The zero-order valence-electron chi connectivity index (χ0n) is 14.1. The van der Waals surface area contributed by atoms with Gasteiger partial charge < -0.3 is 9.47 Å². The normalized spacial score (nSPS) is 10.8. The summed E-state index contributed by atoms with van der Waals surface area (Å²) in [6.45, 7) is 2.00. The van der Waals surface area contributed by atoms with Gasteiger partial charge in [0, 0.05) is 8.95 Å². The lowest BCUT2D eigenvalue weighted by molar-refractivity contribution is -0.120. The van der Waals surface area contributed by atoms with Gasteiger partial charge in [0.15, 0.2) is 11.5 Å². The summed E-state index contributed by atoms with van der Waals surface area (Å²) in [5, 5.41) is 4.00. The standard InChI is InChI=1S/C18H18Br2N2O3/c1-11-14(19)6-13(7-15(11)20)10-21-22-18(23)9-12-4-5-16(24-2)17(8-12)25-3/h4-8,10H,9H2,1-3H3,(H,22,23)/b21-10+. The maximum Gasteiger partial charge on any atom is 0.244 e. The lowest BCUT2D eigenvalue weighted by Gasteiger charge is -2.09. The summed E-state index contributed by atoms with van der Waals surface area (Å²) < 4.78 is 12.4. The number of carbonyl (C=O) groups is 1. The molecule has 2 aromatic rings. The van der Waals surface area contributed by atoms with Crippen LogP contribution in [0.15, 0.2) is 44.4 Å². The van der Waals surface area contributed by atoms with Gasteiger partial charge in [-0.1, -0.05) is 37.9 Å². The van der Waals surface area contributed by atoms with Crippen LogP contribution in [0.5, 0.6) is 11.5 Å². The molecule has 5 nitrogen and oxygen atoms in total. The van der Waals surface area contributed by atoms with Crippen LogP contribution < -0.4 is 14.9 Å². The topological polar surface area (TPSA) is 59.9 Å². The van der Waals surface area contributed by atoms with Crippen LogP contribution in [0.25, 0.3) is 0 Å². The Balaban J connectivity index is 1.99. The van der Waals surface area contributed by atoms with Gasteiger partial charge in [-0.15, -0.1) is 0 Å². The highest BCUT2D eigenvalue weighted by Crippen LogP contribution is 2.28. The summed E-state index contributed by atoms with van der Waals surface area (Å²) in [6, 6.07) is 9.23. The molecule has 0 aromatic heterocycles. The quantitative estimate of drug-likeness (QED) is 0.508. The van der Waals surface area contributed by atoms with Gasteiger partial charge in [0.05, 0.1) is 26.9 Å². The molecular weight excluding hydrogens is 452 g/mol. The van der Waals surface area contributed by atoms with Gasteiger partial charge in [-0.3, -0.25) is 4.79 Å². The molecule has 0 aliphatic rings. The van der Waals surface area contributed by atoms with Crippen LogP contribution in [0.2, 0.25) is 0 Å². The van der Waals surface area contributed by atoms with Crippen LogP contribution in [-0.2, 0) is 11.2 Å². The molecule has 1 amide bonds. The molecule has 2 aromatic carbocycles. The molecular formula is C18H18Br2N2O3. The van der Waals surface area contributed by atoms with E-state index in [0.29, 0.717) is 11.5 Å². The number of carbonyl (C=O) groups excluding carboxylic acids is 1. The van der Waals surface area contributed by atoms with E-state index in [2.05, 4.69) is 42.4 Å². The molecule has 0 aliphatic heterocycles. The Morgan fingerprint density at radius 3 is 2.36 bits per heavy atom. The summed E-state index contributed by atoms with van der Waals surface area (Å²) in [4.78, 5) is 12.0. The minimum Gasteiger partial charge on any atom is -0.493 e. The van der Waals surface area contributed by atoms with Crippen LogP contribution in [0.4, 0.5) is 0 Å². The number of halogens is 2. The van der Waals surface area contributed by atoms with E-state index < -0.39 is 0 Å². The van der Waals surface area contributed by atoms with Crippen molar-refractivity contribution in [2.24, 2.45) is 5.10 Å². The predicted octanol–water partition coefficient (Wildman–Crippen LogP) is 4.23. The first-order valence-electron chi connectivity index (χ1n) is 7.43. The van der Waals surface area contributed by atoms with Crippen molar-refractivity contribution in [3.8, 4) is 11.5 Å². The van der Waals surface area contributed by atoms with E-state index in [1.165, 1.54) is 0 Å². The van der Waals surface area contributed by atoms with Crippen molar-refractivity contribution in [2.45, 2.75) is 13.3 Å². The van der Waals surface area contributed by atoms with Gasteiger partial charge >= 0.3 is 0 Å². The third kappa shape index (κ3) is 5.31. The lowest BCUT2D eigenvalue weighted by atomic mass is 10.1. The minimum atomic E-state index is -0.214. The fourth-order valence-electron chi connectivity index (χ4n) is 2.13. The molecule has 0 fully saturated rings. The highest BCUT2D eigenvalue weighted by atomic mass is 79.9. The number of ether oxygens (including phenoxy) is 2. The third-order valence-corrected chi connectivity index (χ3v) is 5.17. The average Bonchev–Trinajstić information content (AvgIpc) is 2.59. The van der Waals surface area contributed by atoms with Gasteiger partial charge in [0.2, 0.25) is 5.91 Å². The Morgan fingerprint density at radius 1 is 1.12 bits per heavy atom. The summed E-state index contributed by atoms with van der Waals surface area (Å²) >= 11 is 6.97. The SMILES string of the molecule is COc1ccc(CC(=O)N/N=C/c2cc(Br)c(C)c(Br)c2)cc1OC. The minimum absolute atomic E-state index is 0.193. The predicted molar refractivity (Wildman–Crippen MR) is 106 cm³/mol. The van der Waals surface area contributed by atoms with E-state index in [0.717, 1.165) is 25.6 Å². The number of hydrazone groups is 1. The fraction of sp³-hybridized carbons (Fsp3) is 0.222. The van der Waals surface area contributed by atoms with Crippen LogP contribution >= 0.6 is 31.9 Å². The number of amides is 1.